The molecule has 7 heteroatoms. The maximum atomic E-state index is 11.3. The van der Waals surface area contributed by atoms with E-state index in [0.29, 0.717) is 5.69 Å². The molecule has 0 aliphatic heterocycles. The minimum atomic E-state index is -1.11. The minimum absolute atomic E-state index is 0.0203. The number of carbonyl (C=O) groups excluding carboxylic acids is 1. The van der Waals surface area contributed by atoms with Crippen molar-refractivity contribution >= 4 is 17.7 Å². The summed E-state index contributed by atoms with van der Waals surface area (Å²) in [7, 11) is 3.21. The summed E-state index contributed by atoms with van der Waals surface area (Å²) >= 11 is 0. The Morgan fingerprint density at radius 1 is 1.50 bits per heavy atom. The third-order valence-electron chi connectivity index (χ3n) is 2.03. The predicted octanol–water partition coefficient (Wildman–Crippen LogP) is -0.415. The summed E-state index contributed by atoms with van der Waals surface area (Å²) in [5.41, 5.74) is 0.390. The molecule has 0 radical (unpaired) electrons. The van der Waals surface area contributed by atoms with Crippen molar-refractivity contribution in [3.8, 4) is 0 Å². The van der Waals surface area contributed by atoms with Crippen molar-refractivity contribution in [1.82, 2.24) is 15.1 Å². The maximum Gasteiger partial charge on any atom is 0.341 e. The van der Waals surface area contributed by atoms with E-state index in [9.17, 15) is 9.59 Å². The molecular weight excluding hydrogens is 212 g/mol. The van der Waals surface area contributed by atoms with Gasteiger partial charge in [0.05, 0.1) is 12.2 Å². The molecule has 0 aliphatic carbocycles. The quantitative estimate of drug-likeness (QED) is 0.648. The van der Waals surface area contributed by atoms with Crippen LogP contribution in [-0.2, 0) is 11.8 Å². The van der Waals surface area contributed by atoms with Crippen LogP contribution < -0.4 is 10.6 Å². The fraction of sp³-hybridized carbons (Fsp3) is 0.444. The lowest BCUT2D eigenvalue weighted by atomic mass is 10.2. The predicted molar refractivity (Wildman–Crippen MR) is 57.5 cm³/mol. The van der Waals surface area contributed by atoms with Crippen LogP contribution in [0.2, 0.25) is 0 Å². The van der Waals surface area contributed by atoms with Crippen LogP contribution in [0.1, 0.15) is 16.1 Å². The van der Waals surface area contributed by atoms with Gasteiger partial charge in [-0.3, -0.25) is 9.48 Å². The number of aromatic carboxylic acids is 1. The van der Waals surface area contributed by atoms with E-state index >= 15 is 0 Å². The number of nitrogens with one attached hydrogen (secondary N) is 2. The van der Waals surface area contributed by atoms with Crippen molar-refractivity contribution in [3.63, 3.8) is 0 Å². The molecule has 88 valence electrons. The van der Waals surface area contributed by atoms with Gasteiger partial charge in [-0.25, -0.2) is 4.79 Å². The largest absolute Gasteiger partial charge is 0.477 e. The molecule has 0 spiro atoms. The SMILES string of the molecule is CNCC(=O)Nc1c(C(=O)O)c(C)nn1C. The summed E-state index contributed by atoms with van der Waals surface area (Å²) < 4.78 is 1.34. The lowest BCUT2D eigenvalue weighted by Crippen LogP contribution is -2.26. The van der Waals surface area contributed by atoms with Crippen molar-refractivity contribution in [1.29, 1.82) is 0 Å². The molecule has 1 heterocycles. The summed E-state index contributed by atoms with van der Waals surface area (Å²) in [5.74, 6) is -1.22. The summed E-state index contributed by atoms with van der Waals surface area (Å²) in [6.45, 7) is 1.69. The monoisotopic (exact) mass is 226 g/mol. The topological polar surface area (TPSA) is 96.2 Å². The van der Waals surface area contributed by atoms with E-state index in [1.165, 1.54) is 4.68 Å². The molecule has 0 saturated heterocycles. The second-order valence-corrected chi connectivity index (χ2v) is 3.32. The van der Waals surface area contributed by atoms with Crippen LogP contribution in [0.3, 0.4) is 0 Å². The van der Waals surface area contributed by atoms with Crippen LogP contribution in [0.5, 0.6) is 0 Å². The van der Waals surface area contributed by atoms with Gasteiger partial charge in [0.15, 0.2) is 0 Å². The first-order chi connectivity index (χ1) is 7.47. The van der Waals surface area contributed by atoms with E-state index in [4.69, 9.17) is 5.11 Å². The smallest absolute Gasteiger partial charge is 0.341 e. The Morgan fingerprint density at radius 3 is 2.62 bits per heavy atom. The first-order valence-electron chi connectivity index (χ1n) is 4.68. The molecule has 1 aromatic heterocycles. The van der Waals surface area contributed by atoms with Crippen LogP contribution in [0.4, 0.5) is 5.82 Å². The van der Waals surface area contributed by atoms with E-state index in [-0.39, 0.29) is 23.8 Å². The molecule has 0 saturated carbocycles. The lowest BCUT2D eigenvalue weighted by Gasteiger charge is -2.06. The van der Waals surface area contributed by atoms with Crippen LogP contribution in [0.25, 0.3) is 0 Å². The number of aromatic nitrogens is 2. The molecule has 1 amide bonds. The van der Waals surface area contributed by atoms with E-state index in [0.717, 1.165) is 0 Å². The highest BCUT2D eigenvalue weighted by atomic mass is 16.4. The normalized spacial score (nSPS) is 10.2. The molecule has 0 fully saturated rings. The second-order valence-electron chi connectivity index (χ2n) is 3.32. The van der Waals surface area contributed by atoms with Gasteiger partial charge in [0.25, 0.3) is 0 Å². The molecule has 0 unspecified atom stereocenters. The first kappa shape index (κ1) is 12.2. The molecule has 1 aromatic rings. The molecule has 3 N–H and O–H groups in total. The summed E-state index contributed by atoms with van der Waals surface area (Å²) in [4.78, 5) is 22.3. The molecule has 0 aliphatic rings. The van der Waals surface area contributed by atoms with Gasteiger partial charge in [-0.2, -0.15) is 5.10 Å². The second kappa shape index (κ2) is 4.75. The van der Waals surface area contributed by atoms with Crippen molar-refractivity contribution < 1.29 is 14.7 Å². The van der Waals surface area contributed by atoms with Gasteiger partial charge in [0.1, 0.15) is 11.4 Å². The average molecular weight is 226 g/mol. The Balaban J connectivity index is 3.03. The minimum Gasteiger partial charge on any atom is -0.477 e. The number of carboxylic acids is 1. The number of likely N-dealkylation sites (N-methyl/N-ethyl adjacent to an activating group) is 1. The highest BCUT2D eigenvalue weighted by molar-refractivity contribution is 6.00. The number of nitrogens with zero attached hydrogens (tertiary/aromatic N) is 2. The molecule has 0 aromatic carbocycles. The number of hydrogen-bond donors (Lipinski definition) is 3. The summed E-state index contributed by atoms with van der Waals surface area (Å²) in [6, 6.07) is 0. The van der Waals surface area contributed by atoms with Crippen molar-refractivity contribution in [2.24, 2.45) is 7.05 Å². The molecule has 1 rings (SSSR count). The molecule has 16 heavy (non-hydrogen) atoms. The Labute approximate surface area is 92.4 Å². The highest BCUT2D eigenvalue weighted by Crippen LogP contribution is 2.18. The fourth-order valence-electron chi connectivity index (χ4n) is 1.39. The van der Waals surface area contributed by atoms with E-state index in [1.54, 1.807) is 21.0 Å². The van der Waals surface area contributed by atoms with Crippen LogP contribution in [-0.4, -0.2) is 40.4 Å². The zero-order valence-corrected chi connectivity index (χ0v) is 9.37. The third-order valence-corrected chi connectivity index (χ3v) is 2.03. The third kappa shape index (κ3) is 2.37. The fourth-order valence-corrected chi connectivity index (χ4v) is 1.39. The van der Waals surface area contributed by atoms with Crippen molar-refractivity contribution in [2.45, 2.75) is 6.92 Å². The molecular formula is C9H14N4O3. The number of hydrogen-bond acceptors (Lipinski definition) is 4. The number of aryl methyl sites for hydroxylation is 2. The number of carbonyl (C=O) groups is 2. The Hall–Kier alpha value is -1.89. The van der Waals surface area contributed by atoms with Gasteiger partial charge in [-0.1, -0.05) is 0 Å². The lowest BCUT2D eigenvalue weighted by molar-refractivity contribution is -0.115. The highest BCUT2D eigenvalue weighted by Gasteiger charge is 2.20. The zero-order chi connectivity index (χ0) is 12.3. The van der Waals surface area contributed by atoms with Crippen LogP contribution >= 0.6 is 0 Å². The van der Waals surface area contributed by atoms with Crippen LogP contribution in [0, 0.1) is 6.92 Å². The Bertz CT molecular complexity index is 425. The van der Waals surface area contributed by atoms with E-state index in [1.807, 2.05) is 0 Å². The average Bonchev–Trinajstić information content (AvgIpc) is 2.41. The van der Waals surface area contributed by atoms with Gasteiger partial charge in [0, 0.05) is 7.05 Å². The number of rotatable bonds is 4. The Kier molecular flexibility index (Phi) is 3.62. The van der Waals surface area contributed by atoms with Gasteiger partial charge < -0.3 is 15.7 Å². The maximum absolute atomic E-state index is 11.3. The number of anilines is 1. The molecule has 0 bridgehead atoms. The van der Waals surface area contributed by atoms with Crippen molar-refractivity contribution in [2.75, 3.05) is 18.9 Å². The van der Waals surface area contributed by atoms with Gasteiger partial charge in [0.2, 0.25) is 5.91 Å². The van der Waals surface area contributed by atoms with Crippen molar-refractivity contribution in [3.05, 3.63) is 11.3 Å². The Morgan fingerprint density at radius 2 is 2.12 bits per heavy atom. The molecule has 0 atom stereocenters. The first-order valence-corrected chi connectivity index (χ1v) is 4.68. The van der Waals surface area contributed by atoms with Gasteiger partial charge in [-0.15, -0.1) is 0 Å². The standard InChI is InChI=1S/C9H14N4O3/c1-5-7(9(15)16)8(13(3)12-5)11-6(14)4-10-2/h10H,4H2,1-3H3,(H,11,14)(H,15,16). The van der Waals surface area contributed by atoms with E-state index in [2.05, 4.69) is 15.7 Å². The van der Waals surface area contributed by atoms with E-state index < -0.39 is 5.97 Å². The van der Waals surface area contributed by atoms with Crippen LogP contribution in [0.15, 0.2) is 0 Å². The van der Waals surface area contributed by atoms with Gasteiger partial charge in [-0.05, 0) is 14.0 Å². The summed E-state index contributed by atoms with van der Waals surface area (Å²) in [6.07, 6.45) is 0. The number of carboxylic acid groups (broad SMARTS) is 1. The number of amides is 1. The van der Waals surface area contributed by atoms with Gasteiger partial charge >= 0.3 is 5.97 Å². The summed E-state index contributed by atoms with van der Waals surface area (Å²) in [5, 5.41) is 18.1. The zero-order valence-electron chi connectivity index (χ0n) is 9.37. The molecule has 7 nitrogen and oxygen atoms in total.